The number of imide groups is 1. The van der Waals surface area contributed by atoms with E-state index in [4.69, 9.17) is 14.2 Å². The molecule has 1 aromatic carbocycles. The van der Waals surface area contributed by atoms with Crippen LogP contribution in [0.15, 0.2) is 12.1 Å². The molecular formula is C16H20N2O6. The Morgan fingerprint density at radius 3 is 2.25 bits per heavy atom. The van der Waals surface area contributed by atoms with Crippen LogP contribution in [0.5, 0.6) is 17.2 Å². The molecule has 0 saturated carbocycles. The van der Waals surface area contributed by atoms with Crippen LogP contribution in [0, 0.1) is 0 Å². The number of rotatable bonds is 5. The van der Waals surface area contributed by atoms with Crippen LogP contribution in [0.1, 0.15) is 12.5 Å². The largest absolute Gasteiger partial charge is 0.496 e. The van der Waals surface area contributed by atoms with E-state index < -0.39 is 17.9 Å². The number of methoxy groups -OCH3 is 3. The van der Waals surface area contributed by atoms with E-state index in [1.165, 1.54) is 28.3 Å². The Kier molecular flexibility index (Phi) is 5.28. The van der Waals surface area contributed by atoms with E-state index >= 15 is 0 Å². The van der Waals surface area contributed by atoms with Crippen molar-refractivity contribution < 1.29 is 28.6 Å². The number of nitrogens with one attached hydrogen (secondary N) is 1. The van der Waals surface area contributed by atoms with E-state index in [0.29, 0.717) is 22.8 Å². The van der Waals surface area contributed by atoms with E-state index in [2.05, 4.69) is 5.32 Å². The summed E-state index contributed by atoms with van der Waals surface area (Å²) in [5.74, 6) is 0.177. The molecule has 1 heterocycles. The Morgan fingerprint density at radius 1 is 1.12 bits per heavy atom. The van der Waals surface area contributed by atoms with Crippen molar-refractivity contribution in [2.75, 3.05) is 27.9 Å². The van der Waals surface area contributed by atoms with Gasteiger partial charge in [-0.15, -0.1) is 0 Å². The van der Waals surface area contributed by atoms with E-state index in [9.17, 15) is 14.4 Å². The highest BCUT2D eigenvalue weighted by Crippen LogP contribution is 2.35. The Hall–Kier alpha value is -2.77. The number of hydrogen-bond donors (Lipinski definition) is 1. The topological polar surface area (TPSA) is 94.2 Å². The summed E-state index contributed by atoms with van der Waals surface area (Å²) in [5.41, 5.74) is 0.652. The average Bonchev–Trinajstić information content (AvgIpc) is 2.56. The Labute approximate surface area is 139 Å². The first-order chi connectivity index (χ1) is 11.4. The maximum absolute atomic E-state index is 12.4. The molecule has 3 amide bonds. The number of piperazine rings is 1. The van der Waals surface area contributed by atoms with Crippen molar-refractivity contribution in [3.63, 3.8) is 0 Å². The number of nitrogens with zero attached hydrogens (tertiary/aromatic N) is 1. The molecule has 0 aromatic heterocycles. The zero-order chi connectivity index (χ0) is 17.9. The molecule has 130 valence electrons. The molecule has 0 bridgehead atoms. The number of ether oxygens (including phenoxy) is 3. The fraction of sp³-hybridized carbons (Fsp3) is 0.438. The van der Waals surface area contributed by atoms with Crippen molar-refractivity contribution in [1.82, 2.24) is 10.2 Å². The molecule has 1 fully saturated rings. The molecule has 24 heavy (non-hydrogen) atoms. The van der Waals surface area contributed by atoms with Gasteiger partial charge in [0.25, 0.3) is 5.91 Å². The molecule has 2 rings (SSSR count). The molecule has 8 heteroatoms. The Balaban J connectivity index is 2.33. The zero-order valence-electron chi connectivity index (χ0n) is 14.0. The van der Waals surface area contributed by atoms with E-state index in [1.807, 2.05) is 0 Å². The monoisotopic (exact) mass is 336 g/mol. The van der Waals surface area contributed by atoms with Gasteiger partial charge < -0.3 is 19.5 Å². The summed E-state index contributed by atoms with van der Waals surface area (Å²) >= 11 is 0. The summed E-state index contributed by atoms with van der Waals surface area (Å²) < 4.78 is 15.8. The zero-order valence-corrected chi connectivity index (χ0v) is 14.0. The van der Waals surface area contributed by atoms with Gasteiger partial charge in [0.05, 0.1) is 21.3 Å². The van der Waals surface area contributed by atoms with Crippen LogP contribution in [0.3, 0.4) is 0 Å². The molecule has 1 N–H and O–H groups in total. The molecule has 0 aliphatic carbocycles. The van der Waals surface area contributed by atoms with Crippen LogP contribution >= 0.6 is 0 Å². The molecule has 1 saturated heterocycles. The lowest BCUT2D eigenvalue weighted by atomic mass is 10.0. The maximum atomic E-state index is 12.4. The first-order valence-corrected chi connectivity index (χ1v) is 7.31. The summed E-state index contributed by atoms with van der Waals surface area (Å²) in [7, 11) is 4.50. The minimum absolute atomic E-state index is 0.165. The molecule has 1 aromatic rings. The van der Waals surface area contributed by atoms with Gasteiger partial charge in [0.1, 0.15) is 18.3 Å². The quantitative estimate of drug-likeness (QED) is 0.821. The summed E-state index contributed by atoms with van der Waals surface area (Å²) in [5, 5.41) is 2.61. The van der Waals surface area contributed by atoms with Crippen molar-refractivity contribution in [1.29, 1.82) is 0 Å². The van der Waals surface area contributed by atoms with Crippen molar-refractivity contribution in [2.24, 2.45) is 0 Å². The van der Waals surface area contributed by atoms with Crippen molar-refractivity contribution in [3.8, 4) is 17.2 Å². The minimum atomic E-state index is -0.845. The number of carbonyl (C=O) groups is 3. The molecular weight excluding hydrogens is 316 g/mol. The third kappa shape index (κ3) is 3.42. The molecule has 1 aliphatic heterocycles. The van der Waals surface area contributed by atoms with Gasteiger partial charge in [0, 0.05) is 25.0 Å². The second kappa shape index (κ2) is 7.20. The van der Waals surface area contributed by atoms with Crippen LogP contribution in [-0.2, 0) is 20.8 Å². The van der Waals surface area contributed by atoms with Crippen LogP contribution in [0.4, 0.5) is 0 Å². The standard InChI is InChI=1S/C16H20N2O6/c1-9(19)18-8-15(20)17-11(16(18)21)5-10-6-13(23-3)14(24-4)7-12(10)22-2/h6-7,11H,5,8H2,1-4H3,(H,17,20). The first kappa shape index (κ1) is 17.6. The highest BCUT2D eigenvalue weighted by Gasteiger charge is 2.35. The third-order valence-electron chi connectivity index (χ3n) is 3.79. The molecule has 8 nitrogen and oxygen atoms in total. The van der Waals surface area contributed by atoms with Gasteiger partial charge in [-0.2, -0.15) is 0 Å². The molecule has 1 atom stereocenters. The van der Waals surface area contributed by atoms with Gasteiger partial charge in [-0.3, -0.25) is 19.3 Å². The molecule has 1 unspecified atom stereocenters. The summed E-state index contributed by atoms with van der Waals surface area (Å²) in [6.07, 6.45) is 0.165. The van der Waals surface area contributed by atoms with Gasteiger partial charge in [-0.1, -0.05) is 0 Å². The van der Waals surface area contributed by atoms with Crippen LogP contribution in [-0.4, -0.2) is 56.5 Å². The minimum Gasteiger partial charge on any atom is -0.496 e. The predicted molar refractivity (Wildman–Crippen MR) is 84.1 cm³/mol. The Bertz CT molecular complexity index is 673. The smallest absolute Gasteiger partial charge is 0.252 e. The van der Waals surface area contributed by atoms with Crippen molar-refractivity contribution >= 4 is 17.7 Å². The van der Waals surface area contributed by atoms with E-state index in [1.54, 1.807) is 12.1 Å². The summed E-state index contributed by atoms with van der Waals surface area (Å²) in [4.78, 5) is 36.6. The lowest BCUT2D eigenvalue weighted by Gasteiger charge is -2.30. The highest BCUT2D eigenvalue weighted by molar-refractivity contribution is 6.04. The highest BCUT2D eigenvalue weighted by atomic mass is 16.5. The van der Waals surface area contributed by atoms with E-state index in [-0.39, 0.29) is 18.9 Å². The Morgan fingerprint density at radius 2 is 1.71 bits per heavy atom. The normalized spacial score (nSPS) is 17.3. The van der Waals surface area contributed by atoms with Crippen molar-refractivity contribution in [2.45, 2.75) is 19.4 Å². The number of benzene rings is 1. The SMILES string of the molecule is COc1cc(OC)c(OC)cc1CC1NC(=O)CN(C(C)=O)C1=O. The summed E-state index contributed by atoms with van der Waals surface area (Å²) in [6, 6.07) is 2.48. The third-order valence-corrected chi connectivity index (χ3v) is 3.79. The second-order valence-electron chi connectivity index (χ2n) is 5.29. The first-order valence-electron chi connectivity index (χ1n) is 7.31. The van der Waals surface area contributed by atoms with Crippen molar-refractivity contribution in [3.05, 3.63) is 17.7 Å². The van der Waals surface area contributed by atoms with Gasteiger partial charge in [-0.25, -0.2) is 0 Å². The summed E-state index contributed by atoms with van der Waals surface area (Å²) in [6.45, 7) is 0.998. The second-order valence-corrected chi connectivity index (χ2v) is 5.29. The number of carbonyl (C=O) groups excluding carboxylic acids is 3. The van der Waals surface area contributed by atoms with Crippen LogP contribution < -0.4 is 19.5 Å². The van der Waals surface area contributed by atoms with Crippen LogP contribution in [0.25, 0.3) is 0 Å². The van der Waals surface area contributed by atoms with Gasteiger partial charge in [0.15, 0.2) is 11.5 Å². The fourth-order valence-electron chi connectivity index (χ4n) is 2.59. The van der Waals surface area contributed by atoms with Gasteiger partial charge in [-0.05, 0) is 6.07 Å². The average molecular weight is 336 g/mol. The maximum Gasteiger partial charge on any atom is 0.252 e. The number of amides is 3. The van der Waals surface area contributed by atoms with Gasteiger partial charge >= 0.3 is 0 Å². The fourth-order valence-corrected chi connectivity index (χ4v) is 2.59. The molecule has 0 radical (unpaired) electrons. The van der Waals surface area contributed by atoms with Gasteiger partial charge in [0.2, 0.25) is 11.8 Å². The lowest BCUT2D eigenvalue weighted by Crippen LogP contribution is -2.59. The number of hydrogen-bond acceptors (Lipinski definition) is 6. The van der Waals surface area contributed by atoms with Crippen LogP contribution in [0.2, 0.25) is 0 Å². The molecule has 1 aliphatic rings. The predicted octanol–water partition coefficient (Wildman–Crippen LogP) is 0.128. The van der Waals surface area contributed by atoms with E-state index in [0.717, 1.165) is 4.90 Å². The molecule has 0 spiro atoms. The lowest BCUT2D eigenvalue weighted by molar-refractivity contribution is -0.152.